The maximum Gasteiger partial charge on any atom is 0.335 e. The number of hydrogen-bond donors (Lipinski definition) is 1. The maximum absolute atomic E-state index is 12.9. The molecule has 0 atom stereocenters. The first-order valence-electron chi connectivity index (χ1n) is 8.78. The fourth-order valence-electron chi connectivity index (χ4n) is 3.08. The van der Waals surface area contributed by atoms with E-state index in [2.05, 4.69) is 0 Å². The number of amides is 1. The number of ether oxygens (including phenoxy) is 2. The average molecular weight is 424 g/mol. The van der Waals surface area contributed by atoms with Gasteiger partial charge in [0.1, 0.15) is 11.5 Å². The minimum absolute atomic E-state index is 0.0435. The Hall–Kier alpha value is -2.44. The molecule has 1 aliphatic heterocycles. The van der Waals surface area contributed by atoms with Gasteiger partial charge in [-0.05, 0) is 49.6 Å². The standard InChI is InChI=1S/C20H19Cl2NO5/c1-27-17-6-5-13(11-14(17)19(24)23-7-3-2-4-8-23)28-18-15(21)9-12(20(25)26)10-16(18)22/h5-6,9-11H,2-4,7-8H2,1H3,(H,25,26). The van der Waals surface area contributed by atoms with Crippen molar-refractivity contribution < 1.29 is 24.2 Å². The molecule has 0 bridgehead atoms. The second-order valence-electron chi connectivity index (χ2n) is 6.39. The molecule has 8 heteroatoms. The van der Waals surface area contributed by atoms with Crippen LogP contribution in [0.2, 0.25) is 10.0 Å². The largest absolute Gasteiger partial charge is 0.496 e. The summed E-state index contributed by atoms with van der Waals surface area (Å²) in [6, 6.07) is 7.36. The highest BCUT2D eigenvalue weighted by molar-refractivity contribution is 6.37. The molecule has 0 saturated carbocycles. The molecule has 1 heterocycles. The zero-order valence-electron chi connectivity index (χ0n) is 15.2. The number of likely N-dealkylation sites (tertiary alicyclic amines) is 1. The number of rotatable bonds is 5. The third-order valence-electron chi connectivity index (χ3n) is 4.51. The molecule has 1 fully saturated rings. The van der Waals surface area contributed by atoms with Crippen LogP contribution in [-0.4, -0.2) is 42.1 Å². The number of benzene rings is 2. The first-order chi connectivity index (χ1) is 13.4. The number of hydrogen-bond acceptors (Lipinski definition) is 4. The van der Waals surface area contributed by atoms with Gasteiger partial charge < -0.3 is 19.5 Å². The van der Waals surface area contributed by atoms with Crippen molar-refractivity contribution in [2.75, 3.05) is 20.2 Å². The van der Waals surface area contributed by atoms with Crippen molar-refractivity contribution in [2.24, 2.45) is 0 Å². The predicted octanol–water partition coefficient (Wildman–Crippen LogP) is 5.12. The number of carboxylic acids is 1. The lowest BCUT2D eigenvalue weighted by Crippen LogP contribution is -2.35. The molecule has 1 N–H and O–H groups in total. The van der Waals surface area contributed by atoms with Gasteiger partial charge in [0.25, 0.3) is 5.91 Å². The van der Waals surface area contributed by atoms with E-state index >= 15 is 0 Å². The van der Waals surface area contributed by atoms with E-state index in [9.17, 15) is 9.59 Å². The van der Waals surface area contributed by atoms with Crippen LogP contribution in [0, 0.1) is 0 Å². The van der Waals surface area contributed by atoms with Crippen LogP contribution in [0.25, 0.3) is 0 Å². The van der Waals surface area contributed by atoms with Gasteiger partial charge in [0.15, 0.2) is 5.75 Å². The summed E-state index contributed by atoms with van der Waals surface area (Å²) in [6.07, 6.45) is 3.07. The first kappa shape index (κ1) is 20.3. The Bertz CT molecular complexity index is 886. The van der Waals surface area contributed by atoms with E-state index in [0.29, 0.717) is 30.2 Å². The molecule has 1 aliphatic rings. The predicted molar refractivity (Wildman–Crippen MR) is 106 cm³/mol. The lowest BCUT2D eigenvalue weighted by Gasteiger charge is -2.27. The highest BCUT2D eigenvalue weighted by Crippen LogP contribution is 2.38. The lowest BCUT2D eigenvalue weighted by molar-refractivity contribution is 0.0693. The molecule has 0 radical (unpaired) electrons. The number of carboxylic acid groups (broad SMARTS) is 1. The summed E-state index contributed by atoms with van der Waals surface area (Å²) in [5.74, 6) is -0.362. The van der Waals surface area contributed by atoms with E-state index in [-0.39, 0.29) is 27.3 Å². The van der Waals surface area contributed by atoms with E-state index in [1.807, 2.05) is 0 Å². The topological polar surface area (TPSA) is 76.1 Å². The fourth-order valence-corrected chi connectivity index (χ4v) is 3.65. The summed E-state index contributed by atoms with van der Waals surface area (Å²) in [5, 5.41) is 9.20. The zero-order chi connectivity index (χ0) is 20.3. The molecule has 0 spiro atoms. The van der Waals surface area contributed by atoms with Crippen molar-refractivity contribution in [3.63, 3.8) is 0 Å². The van der Waals surface area contributed by atoms with Gasteiger partial charge in [0.2, 0.25) is 0 Å². The van der Waals surface area contributed by atoms with Crippen molar-refractivity contribution >= 4 is 35.1 Å². The van der Waals surface area contributed by atoms with Crippen molar-refractivity contribution in [1.82, 2.24) is 4.90 Å². The molecular weight excluding hydrogens is 405 g/mol. The van der Waals surface area contributed by atoms with Crippen molar-refractivity contribution in [3.8, 4) is 17.2 Å². The van der Waals surface area contributed by atoms with Crippen molar-refractivity contribution in [1.29, 1.82) is 0 Å². The minimum Gasteiger partial charge on any atom is -0.496 e. The second kappa shape index (κ2) is 8.71. The van der Waals surface area contributed by atoms with Crippen LogP contribution in [-0.2, 0) is 0 Å². The summed E-state index contributed by atoms with van der Waals surface area (Å²) in [5.41, 5.74) is 0.342. The molecule has 0 aliphatic carbocycles. The van der Waals surface area contributed by atoms with Gasteiger partial charge in [-0.2, -0.15) is 0 Å². The molecule has 0 aromatic heterocycles. The first-order valence-corrected chi connectivity index (χ1v) is 9.54. The summed E-state index contributed by atoms with van der Waals surface area (Å²) in [6.45, 7) is 1.42. The molecule has 1 amide bonds. The third-order valence-corrected chi connectivity index (χ3v) is 5.07. The molecule has 148 valence electrons. The van der Waals surface area contributed by atoms with Crippen molar-refractivity contribution in [2.45, 2.75) is 19.3 Å². The molecular formula is C20H19Cl2NO5. The Balaban J connectivity index is 1.91. The van der Waals surface area contributed by atoms with E-state index in [0.717, 1.165) is 19.3 Å². The maximum atomic E-state index is 12.9. The van der Waals surface area contributed by atoms with E-state index in [4.69, 9.17) is 37.8 Å². The van der Waals surface area contributed by atoms with Crippen LogP contribution in [0.1, 0.15) is 40.0 Å². The summed E-state index contributed by atoms with van der Waals surface area (Å²) < 4.78 is 11.1. The van der Waals surface area contributed by atoms with Crippen LogP contribution in [0.5, 0.6) is 17.2 Å². The monoisotopic (exact) mass is 423 g/mol. The number of carbonyl (C=O) groups is 2. The van der Waals surface area contributed by atoms with Gasteiger partial charge in [0, 0.05) is 13.1 Å². The zero-order valence-corrected chi connectivity index (χ0v) is 16.7. The fraction of sp³-hybridized carbons (Fsp3) is 0.300. The lowest BCUT2D eigenvalue weighted by atomic mass is 10.1. The van der Waals surface area contributed by atoms with Crippen LogP contribution in [0.15, 0.2) is 30.3 Å². The Labute approximate surface area is 172 Å². The summed E-state index contributed by atoms with van der Waals surface area (Å²) >= 11 is 12.3. The molecule has 28 heavy (non-hydrogen) atoms. The third kappa shape index (κ3) is 4.34. The second-order valence-corrected chi connectivity index (χ2v) is 7.21. The molecule has 3 rings (SSSR count). The number of aromatic carboxylic acids is 1. The van der Waals surface area contributed by atoms with E-state index in [1.165, 1.54) is 19.2 Å². The van der Waals surface area contributed by atoms with Gasteiger partial charge in [-0.1, -0.05) is 23.2 Å². The number of halogens is 2. The average Bonchev–Trinajstić information content (AvgIpc) is 2.70. The number of piperidine rings is 1. The molecule has 2 aromatic rings. The number of nitrogens with zero attached hydrogens (tertiary/aromatic N) is 1. The summed E-state index contributed by atoms with van der Waals surface area (Å²) in [4.78, 5) is 25.8. The van der Waals surface area contributed by atoms with Crippen LogP contribution < -0.4 is 9.47 Å². The van der Waals surface area contributed by atoms with E-state index < -0.39 is 5.97 Å². The quantitative estimate of drug-likeness (QED) is 0.721. The van der Waals surface area contributed by atoms with Gasteiger partial charge in [0.05, 0.1) is 28.3 Å². The highest BCUT2D eigenvalue weighted by atomic mass is 35.5. The Morgan fingerprint density at radius 3 is 2.25 bits per heavy atom. The smallest absolute Gasteiger partial charge is 0.335 e. The number of carbonyl (C=O) groups excluding carboxylic acids is 1. The van der Waals surface area contributed by atoms with Gasteiger partial charge in [-0.25, -0.2) is 4.79 Å². The van der Waals surface area contributed by atoms with Crippen LogP contribution in [0.3, 0.4) is 0 Å². The molecule has 6 nitrogen and oxygen atoms in total. The van der Waals surface area contributed by atoms with Gasteiger partial charge >= 0.3 is 5.97 Å². The highest BCUT2D eigenvalue weighted by Gasteiger charge is 2.23. The minimum atomic E-state index is -1.14. The molecule has 1 saturated heterocycles. The SMILES string of the molecule is COc1ccc(Oc2c(Cl)cc(C(=O)O)cc2Cl)cc1C(=O)N1CCCCC1. The Morgan fingerprint density at radius 2 is 1.68 bits per heavy atom. The van der Waals surface area contributed by atoms with Crippen LogP contribution in [0.4, 0.5) is 0 Å². The van der Waals surface area contributed by atoms with E-state index in [1.54, 1.807) is 23.1 Å². The van der Waals surface area contributed by atoms with Gasteiger partial charge in [-0.15, -0.1) is 0 Å². The summed E-state index contributed by atoms with van der Waals surface area (Å²) in [7, 11) is 1.50. The Morgan fingerprint density at radius 1 is 1.04 bits per heavy atom. The van der Waals surface area contributed by atoms with Crippen LogP contribution >= 0.6 is 23.2 Å². The van der Waals surface area contributed by atoms with Gasteiger partial charge in [-0.3, -0.25) is 4.79 Å². The Kier molecular flexibility index (Phi) is 6.31. The van der Waals surface area contributed by atoms with Crippen molar-refractivity contribution in [3.05, 3.63) is 51.5 Å². The normalized spacial score (nSPS) is 13.9. The molecule has 0 unspecified atom stereocenters. The molecule has 2 aromatic carbocycles. The number of methoxy groups -OCH3 is 1.